The van der Waals surface area contributed by atoms with Crippen LogP contribution < -0.4 is 11.1 Å². The molecule has 0 aliphatic carbocycles. The summed E-state index contributed by atoms with van der Waals surface area (Å²) < 4.78 is 19.8. The first-order chi connectivity index (χ1) is 7.16. The Morgan fingerprint density at radius 1 is 1.40 bits per heavy atom. The molecule has 0 bridgehead atoms. The molecule has 1 aromatic rings. The van der Waals surface area contributed by atoms with Gasteiger partial charge >= 0.3 is 0 Å². The average Bonchev–Trinajstić information content (AvgIpc) is 2.37. The lowest BCUT2D eigenvalue weighted by atomic mass is 10.2. The van der Waals surface area contributed by atoms with Crippen LogP contribution in [0.2, 0.25) is 0 Å². The number of rotatable bonds is 1. The Hall–Kier alpha value is -1.59. The molecule has 78 valence electrons. The lowest BCUT2D eigenvalue weighted by Crippen LogP contribution is -2.08. The smallest absolute Gasteiger partial charge is 0.186 e. The molecule has 1 unspecified atom stereocenters. The second-order valence-corrected chi connectivity index (χ2v) is 4.07. The highest BCUT2D eigenvalue weighted by Crippen LogP contribution is 2.23. The van der Waals surface area contributed by atoms with Crippen LogP contribution >= 0.6 is 0 Å². The van der Waals surface area contributed by atoms with Crippen LogP contribution in [-0.4, -0.2) is 8.76 Å². The Labute approximate surface area is 89.8 Å². The molecular weight excluding hydrogens is 212 g/mol. The fraction of sp³-hybridized carbons (Fsp3) is 0. The molecule has 0 saturated heterocycles. The molecule has 1 heterocycles. The molecule has 0 amide bonds. The number of anilines is 1. The van der Waals surface area contributed by atoms with Gasteiger partial charge in [-0.1, -0.05) is 18.2 Å². The predicted molar refractivity (Wildman–Crippen MR) is 60.4 cm³/mol. The Morgan fingerprint density at radius 2 is 2.20 bits per heavy atom. The fourth-order valence-electron chi connectivity index (χ4n) is 1.35. The second-order valence-electron chi connectivity index (χ2n) is 3.10. The highest BCUT2D eigenvalue weighted by molar-refractivity contribution is 7.79. The average molecular weight is 222 g/mol. The van der Waals surface area contributed by atoms with Crippen molar-refractivity contribution in [3.05, 3.63) is 41.7 Å². The summed E-state index contributed by atoms with van der Waals surface area (Å²) >= 11 is -1.97. The third-order valence-electron chi connectivity index (χ3n) is 2.06. The normalized spacial score (nSPS) is 15.9. The summed E-state index contributed by atoms with van der Waals surface area (Å²) in [6.07, 6.45) is 5.44. The van der Waals surface area contributed by atoms with Crippen molar-refractivity contribution in [1.82, 2.24) is 0 Å². The van der Waals surface area contributed by atoms with Crippen molar-refractivity contribution in [3.63, 3.8) is 0 Å². The summed E-state index contributed by atoms with van der Waals surface area (Å²) in [5, 5.41) is 2.95. The van der Waals surface area contributed by atoms with Crippen LogP contribution in [0.25, 0.3) is 6.08 Å². The lowest BCUT2D eigenvalue weighted by molar-refractivity contribution is 0.564. The lowest BCUT2D eigenvalue weighted by Gasteiger charge is -2.08. The number of nitrogens with one attached hydrogen (secondary N) is 1. The van der Waals surface area contributed by atoms with Gasteiger partial charge in [-0.2, -0.15) is 0 Å². The molecule has 2 rings (SSSR count). The zero-order valence-electron chi connectivity index (χ0n) is 7.81. The molecule has 4 N–H and O–H groups in total. The van der Waals surface area contributed by atoms with E-state index in [9.17, 15) is 4.21 Å². The van der Waals surface area contributed by atoms with Gasteiger partial charge < -0.3 is 15.6 Å². The van der Waals surface area contributed by atoms with Crippen molar-refractivity contribution < 1.29 is 8.76 Å². The maximum atomic E-state index is 10.9. The molecule has 4 nitrogen and oxygen atoms in total. The van der Waals surface area contributed by atoms with Gasteiger partial charge in [-0.25, -0.2) is 4.21 Å². The van der Waals surface area contributed by atoms with E-state index in [0.717, 1.165) is 11.3 Å². The number of hydrogen-bond donors (Lipinski definition) is 3. The van der Waals surface area contributed by atoms with E-state index in [2.05, 4.69) is 5.32 Å². The summed E-state index contributed by atoms with van der Waals surface area (Å²) in [6.45, 7) is 0. The van der Waals surface area contributed by atoms with Gasteiger partial charge in [0.15, 0.2) is 11.1 Å². The monoisotopic (exact) mass is 222 g/mol. The predicted octanol–water partition coefficient (Wildman–Crippen LogP) is 1.51. The second kappa shape index (κ2) is 3.88. The molecule has 15 heavy (non-hydrogen) atoms. The maximum absolute atomic E-state index is 10.9. The van der Waals surface area contributed by atoms with Crippen LogP contribution in [-0.2, 0) is 11.1 Å². The molecule has 0 radical (unpaired) electrons. The molecule has 5 heteroatoms. The Balaban J connectivity index is 2.49. The largest absolute Gasteiger partial charge is 0.385 e. The third kappa shape index (κ3) is 2.08. The van der Waals surface area contributed by atoms with E-state index in [1.165, 1.54) is 0 Å². The Morgan fingerprint density at radius 3 is 2.93 bits per heavy atom. The number of hydrogen-bond acceptors (Lipinski definition) is 3. The summed E-state index contributed by atoms with van der Waals surface area (Å²) in [6, 6.07) is 5.00. The van der Waals surface area contributed by atoms with E-state index in [1.807, 2.05) is 12.2 Å². The van der Waals surface area contributed by atoms with E-state index in [-0.39, 0.29) is 0 Å². The minimum absolute atomic E-state index is 0.351. The molecule has 1 aliphatic heterocycles. The molecule has 0 fully saturated rings. The van der Waals surface area contributed by atoms with Gasteiger partial charge in [-0.05, 0) is 23.8 Å². The quantitative estimate of drug-likeness (QED) is 0.629. The molecule has 1 atom stereocenters. The zero-order chi connectivity index (χ0) is 10.8. The first-order valence-corrected chi connectivity index (χ1v) is 5.43. The SMILES string of the molecule is NC1=CC=Cc2ccc(S(=O)O)cc2N1. The molecule has 0 saturated carbocycles. The third-order valence-corrected chi connectivity index (χ3v) is 2.71. The Bertz CT molecular complexity index is 480. The van der Waals surface area contributed by atoms with Crippen LogP contribution in [0.4, 0.5) is 5.69 Å². The van der Waals surface area contributed by atoms with Crippen LogP contribution in [0, 0.1) is 0 Å². The maximum Gasteiger partial charge on any atom is 0.186 e. The Kier molecular flexibility index (Phi) is 2.57. The number of allylic oxidation sites excluding steroid dienone is 2. The summed E-state index contributed by atoms with van der Waals surface area (Å²) in [7, 11) is 0. The van der Waals surface area contributed by atoms with E-state index in [0.29, 0.717) is 10.7 Å². The van der Waals surface area contributed by atoms with Gasteiger partial charge in [0.1, 0.15) is 5.82 Å². The van der Waals surface area contributed by atoms with Gasteiger partial charge in [0.25, 0.3) is 0 Å². The minimum atomic E-state index is -1.97. The van der Waals surface area contributed by atoms with E-state index in [1.54, 1.807) is 24.3 Å². The fourth-order valence-corrected chi connectivity index (χ4v) is 1.75. The molecular formula is C10H10N2O2S. The highest BCUT2D eigenvalue weighted by atomic mass is 32.2. The van der Waals surface area contributed by atoms with Gasteiger partial charge in [-0.15, -0.1) is 0 Å². The molecule has 0 aromatic heterocycles. The van der Waals surface area contributed by atoms with Crippen LogP contribution in [0.1, 0.15) is 5.56 Å². The number of benzene rings is 1. The van der Waals surface area contributed by atoms with Crippen molar-refractivity contribution in [2.24, 2.45) is 5.73 Å². The molecule has 0 spiro atoms. The minimum Gasteiger partial charge on any atom is -0.385 e. The van der Waals surface area contributed by atoms with Crippen molar-refractivity contribution in [2.45, 2.75) is 4.90 Å². The van der Waals surface area contributed by atoms with Crippen LogP contribution in [0.3, 0.4) is 0 Å². The van der Waals surface area contributed by atoms with Crippen molar-refractivity contribution in [3.8, 4) is 0 Å². The first kappa shape index (κ1) is 9.95. The molecule has 1 aromatic carbocycles. The summed E-state index contributed by atoms with van der Waals surface area (Å²) in [4.78, 5) is 0.351. The topological polar surface area (TPSA) is 75.4 Å². The summed E-state index contributed by atoms with van der Waals surface area (Å²) in [5.41, 5.74) is 7.30. The van der Waals surface area contributed by atoms with Gasteiger partial charge in [0, 0.05) is 5.69 Å². The van der Waals surface area contributed by atoms with Gasteiger partial charge in [0.2, 0.25) is 0 Å². The number of fused-ring (bicyclic) bond motifs is 1. The summed E-state index contributed by atoms with van der Waals surface area (Å²) in [5.74, 6) is 0.505. The zero-order valence-corrected chi connectivity index (χ0v) is 8.62. The van der Waals surface area contributed by atoms with Crippen LogP contribution in [0.15, 0.2) is 41.1 Å². The van der Waals surface area contributed by atoms with Crippen molar-refractivity contribution in [1.29, 1.82) is 0 Å². The van der Waals surface area contributed by atoms with E-state index >= 15 is 0 Å². The standard InChI is InChI=1S/C10H10N2O2S/c11-10-3-1-2-7-4-5-8(15(13)14)6-9(7)12-10/h1-6,12H,11H2,(H,13,14). The van der Waals surface area contributed by atoms with Gasteiger partial charge in [-0.3, -0.25) is 0 Å². The number of nitrogens with two attached hydrogens (primary N) is 1. The van der Waals surface area contributed by atoms with Crippen molar-refractivity contribution in [2.75, 3.05) is 5.32 Å². The highest BCUT2D eigenvalue weighted by Gasteiger charge is 2.07. The van der Waals surface area contributed by atoms with E-state index < -0.39 is 11.1 Å². The van der Waals surface area contributed by atoms with Crippen LogP contribution in [0.5, 0.6) is 0 Å². The first-order valence-electron chi connectivity index (χ1n) is 4.32. The van der Waals surface area contributed by atoms with Gasteiger partial charge in [0.05, 0.1) is 4.90 Å². The van der Waals surface area contributed by atoms with E-state index in [4.69, 9.17) is 10.3 Å². The van der Waals surface area contributed by atoms with Crippen molar-refractivity contribution >= 4 is 22.8 Å². The molecule has 1 aliphatic rings.